The summed E-state index contributed by atoms with van der Waals surface area (Å²) < 4.78 is 6.73. The molecular weight excluding hydrogens is 410 g/mol. The van der Waals surface area contributed by atoms with Gasteiger partial charge in [0.25, 0.3) is 0 Å². The molecule has 3 heterocycles. The number of nitrogens with zero attached hydrogens (tertiary/aromatic N) is 4. The highest BCUT2D eigenvalue weighted by molar-refractivity contribution is 7.22. The van der Waals surface area contributed by atoms with Gasteiger partial charge in [-0.3, -0.25) is 4.79 Å². The summed E-state index contributed by atoms with van der Waals surface area (Å²) in [5.41, 5.74) is 1.66. The zero-order chi connectivity index (χ0) is 21.0. The number of thiazole rings is 1. The van der Waals surface area contributed by atoms with E-state index in [1.807, 2.05) is 60.7 Å². The normalized spacial score (nSPS) is 15.9. The van der Waals surface area contributed by atoms with Crippen molar-refractivity contribution in [2.24, 2.45) is 0 Å². The number of hydrogen-bond acceptors (Lipinski definition) is 7. The first-order valence-corrected chi connectivity index (χ1v) is 11.0. The molecule has 0 aliphatic carbocycles. The van der Waals surface area contributed by atoms with E-state index in [0.29, 0.717) is 23.8 Å². The molecule has 0 spiro atoms. The molecule has 1 saturated heterocycles. The number of hydrogen-bond donors (Lipinski definition) is 1. The fraction of sp³-hybridized carbons (Fsp3) is 0.217. The average molecular weight is 432 g/mol. The number of carbonyl (C=O) groups excluding carboxylic acids is 1. The van der Waals surface area contributed by atoms with Crippen LogP contribution in [-0.4, -0.2) is 33.4 Å². The predicted octanol–water partition coefficient (Wildman–Crippen LogP) is 4.16. The summed E-state index contributed by atoms with van der Waals surface area (Å²) in [4.78, 5) is 28.2. The van der Waals surface area contributed by atoms with Crippen LogP contribution >= 0.6 is 11.3 Å². The largest absolute Gasteiger partial charge is 0.437 e. The summed E-state index contributed by atoms with van der Waals surface area (Å²) in [6, 6.07) is 19.2. The van der Waals surface area contributed by atoms with E-state index in [1.54, 1.807) is 0 Å². The fourth-order valence-electron chi connectivity index (χ4n) is 3.69. The van der Waals surface area contributed by atoms with Gasteiger partial charge < -0.3 is 15.0 Å². The van der Waals surface area contributed by atoms with Crippen molar-refractivity contribution in [2.45, 2.75) is 25.4 Å². The van der Waals surface area contributed by atoms with Crippen molar-refractivity contribution in [1.82, 2.24) is 20.3 Å². The van der Waals surface area contributed by atoms with Gasteiger partial charge in [0, 0.05) is 13.1 Å². The first-order valence-electron chi connectivity index (χ1n) is 10.2. The SMILES string of the molecule is O=C(NCc1ccccc1)[C@H]1CCCN1c1nc2ncnc(Oc3ccccc3)c2s1. The third-order valence-corrected chi connectivity index (χ3v) is 6.29. The van der Waals surface area contributed by atoms with E-state index < -0.39 is 0 Å². The molecule has 1 amide bonds. The van der Waals surface area contributed by atoms with Crippen molar-refractivity contribution >= 4 is 32.7 Å². The standard InChI is InChI=1S/C23H21N5O2S/c29-21(24-14-16-8-3-1-4-9-16)18-12-7-13-28(18)23-27-20-19(31-23)22(26-15-25-20)30-17-10-5-2-6-11-17/h1-6,8-11,15,18H,7,12-14H2,(H,24,29)/t18-/m1/s1. The summed E-state index contributed by atoms with van der Waals surface area (Å²) in [5, 5.41) is 3.83. The molecular formula is C23H21N5O2S. The van der Waals surface area contributed by atoms with Crippen molar-refractivity contribution in [3.63, 3.8) is 0 Å². The molecule has 0 radical (unpaired) electrons. The summed E-state index contributed by atoms with van der Waals surface area (Å²) in [7, 11) is 0. The number of carbonyl (C=O) groups is 1. The minimum absolute atomic E-state index is 0.0208. The lowest BCUT2D eigenvalue weighted by molar-refractivity contribution is -0.122. The van der Waals surface area contributed by atoms with E-state index in [2.05, 4.69) is 25.2 Å². The molecule has 8 heteroatoms. The lowest BCUT2D eigenvalue weighted by atomic mass is 10.2. The molecule has 1 fully saturated rings. The highest BCUT2D eigenvalue weighted by atomic mass is 32.1. The molecule has 0 unspecified atom stereocenters. The second-order valence-corrected chi connectivity index (χ2v) is 8.28. The van der Waals surface area contributed by atoms with Crippen LogP contribution in [0.2, 0.25) is 0 Å². The highest BCUT2D eigenvalue weighted by Gasteiger charge is 2.33. The van der Waals surface area contributed by atoms with Crippen molar-refractivity contribution in [2.75, 3.05) is 11.4 Å². The Balaban J connectivity index is 1.35. The predicted molar refractivity (Wildman–Crippen MR) is 120 cm³/mol. The van der Waals surface area contributed by atoms with Gasteiger partial charge in [0.05, 0.1) is 0 Å². The summed E-state index contributed by atoms with van der Waals surface area (Å²) in [6.45, 7) is 1.30. The average Bonchev–Trinajstić information content (AvgIpc) is 3.46. The number of anilines is 1. The van der Waals surface area contributed by atoms with Gasteiger partial charge in [-0.1, -0.05) is 59.9 Å². The fourth-order valence-corrected chi connectivity index (χ4v) is 4.71. The number of benzene rings is 2. The van der Waals surface area contributed by atoms with E-state index in [-0.39, 0.29) is 11.9 Å². The topological polar surface area (TPSA) is 80.2 Å². The Morgan fingerprint density at radius 1 is 1.10 bits per heavy atom. The van der Waals surface area contributed by atoms with Gasteiger partial charge >= 0.3 is 0 Å². The van der Waals surface area contributed by atoms with Crippen LogP contribution in [-0.2, 0) is 11.3 Å². The van der Waals surface area contributed by atoms with Crippen molar-refractivity contribution in [3.8, 4) is 11.6 Å². The van der Waals surface area contributed by atoms with Gasteiger partial charge in [-0.25, -0.2) is 9.97 Å². The lowest BCUT2D eigenvalue weighted by Crippen LogP contribution is -2.43. The van der Waals surface area contributed by atoms with E-state index in [1.165, 1.54) is 17.7 Å². The van der Waals surface area contributed by atoms with Gasteiger partial charge in [-0.2, -0.15) is 4.98 Å². The highest BCUT2D eigenvalue weighted by Crippen LogP contribution is 2.37. The molecule has 31 heavy (non-hydrogen) atoms. The molecule has 7 nitrogen and oxygen atoms in total. The lowest BCUT2D eigenvalue weighted by Gasteiger charge is -2.23. The van der Waals surface area contributed by atoms with Crippen LogP contribution in [0, 0.1) is 0 Å². The van der Waals surface area contributed by atoms with Crippen LogP contribution < -0.4 is 15.0 Å². The first-order chi connectivity index (χ1) is 15.3. The quantitative estimate of drug-likeness (QED) is 0.494. The zero-order valence-corrected chi connectivity index (χ0v) is 17.6. The van der Waals surface area contributed by atoms with Crippen LogP contribution in [0.4, 0.5) is 5.13 Å². The number of rotatable bonds is 6. The molecule has 2 aromatic heterocycles. The van der Waals surface area contributed by atoms with E-state index in [9.17, 15) is 4.79 Å². The van der Waals surface area contributed by atoms with Crippen LogP contribution in [0.3, 0.4) is 0 Å². The van der Waals surface area contributed by atoms with E-state index in [4.69, 9.17) is 4.74 Å². The van der Waals surface area contributed by atoms with Gasteiger partial charge in [0.15, 0.2) is 10.8 Å². The van der Waals surface area contributed by atoms with Crippen molar-refractivity contribution in [1.29, 1.82) is 0 Å². The molecule has 1 atom stereocenters. The number of aromatic nitrogens is 3. The Bertz CT molecular complexity index is 1180. The second-order valence-electron chi connectivity index (χ2n) is 7.30. The Hall–Kier alpha value is -3.52. The van der Waals surface area contributed by atoms with Crippen molar-refractivity contribution < 1.29 is 9.53 Å². The monoisotopic (exact) mass is 431 g/mol. The number of ether oxygens (including phenoxy) is 1. The molecule has 156 valence electrons. The Morgan fingerprint density at radius 2 is 1.87 bits per heavy atom. The van der Waals surface area contributed by atoms with E-state index >= 15 is 0 Å². The van der Waals surface area contributed by atoms with Gasteiger partial charge in [-0.15, -0.1) is 0 Å². The van der Waals surface area contributed by atoms with Crippen LogP contribution in [0.1, 0.15) is 18.4 Å². The van der Waals surface area contributed by atoms with Crippen molar-refractivity contribution in [3.05, 3.63) is 72.6 Å². The molecule has 2 aromatic carbocycles. The molecule has 1 aliphatic rings. The third-order valence-electron chi connectivity index (χ3n) is 5.22. The zero-order valence-electron chi connectivity index (χ0n) is 16.8. The van der Waals surface area contributed by atoms with Crippen LogP contribution in [0.5, 0.6) is 11.6 Å². The smallest absolute Gasteiger partial charge is 0.243 e. The molecule has 5 rings (SSSR count). The van der Waals surface area contributed by atoms with Gasteiger partial charge in [0.2, 0.25) is 11.8 Å². The molecule has 1 aliphatic heterocycles. The first kappa shape index (κ1) is 19.4. The third kappa shape index (κ3) is 4.20. The number of fused-ring (bicyclic) bond motifs is 1. The van der Waals surface area contributed by atoms with Crippen LogP contribution in [0.25, 0.3) is 10.3 Å². The summed E-state index contributed by atoms with van der Waals surface area (Å²) >= 11 is 1.46. The molecule has 0 saturated carbocycles. The van der Waals surface area contributed by atoms with Crippen LogP contribution in [0.15, 0.2) is 67.0 Å². The molecule has 4 aromatic rings. The minimum Gasteiger partial charge on any atom is -0.437 e. The molecule has 0 bridgehead atoms. The molecule has 1 N–H and O–H groups in total. The number of nitrogens with one attached hydrogen (secondary N) is 1. The maximum absolute atomic E-state index is 12.9. The maximum atomic E-state index is 12.9. The number of amides is 1. The maximum Gasteiger partial charge on any atom is 0.243 e. The van der Waals surface area contributed by atoms with Gasteiger partial charge in [-0.05, 0) is 30.5 Å². The minimum atomic E-state index is -0.240. The Kier molecular flexibility index (Phi) is 5.45. The summed E-state index contributed by atoms with van der Waals surface area (Å²) in [6.07, 6.45) is 3.20. The Morgan fingerprint density at radius 3 is 2.68 bits per heavy atom. The van der Waals surface area contributed by atoms with Gasteiger partial charge in [0.1, 0.15) is 22.8 Å². The summed E-state index contributed by atoms with van der Waals surface area (Å²) in [5.74, 6) is 1.20. The van der Waals surface area contributed by atoms with E-state index in [0.717, 1.165) is 34.8 Å². The Labute approximate surface area is 183 Å². The number of para-hydroxylation sites is 1. The second kappa shape index (κ2) is 8.69.